The lowest BCUT2D eigenvalue weighted by atomic mass is 10.1. The second-order valence-electron chi connectivity index (χ2n) is 4.83. The molecular formula is C16H20N2OS. The number of rotatable bonds is 6. The molecule has 0 aliphatic rings. The van der Waals surface area contributed by atoms with Crippen molar-refractivity contribution in [3.05, 3.63) is 52.7 Å². The maximum absolute atomic E-state index is 12.4. The van der Waals surface area contributed by atoms with Crippen LogP contribution in [0.4, 0.5) is 5.69 Å². The molecule has 1 aromatic carbocycles. The SMILES string of the molecule is CC[C@@H](C(=O)Nc1ccccc1)N(C)Cc1ccsc1. The van der Waals surface area contributed by atoms with E-state index < -0.39 is 0 Å². The highest BCUT2D eigenvalue weighted by Crippen LogP contribution is 2.14. The molecule has 106 valence electrons. The summed E-state index contributed by atoms with van der Waals surface area (Å²) < 4.78 is 0. The molecule has 3 nitrogen and oxygen atoms in total. The predicted molar refractivity (Wildman–Crippen MR) is 84.9 cm³/mol. The van der Waals surface area contributed by atoms with Gasteiger partial charge >= 0.3 is 0 Å². The molecule has 0 radical (unpaired) electrons. The Morgan fingerprint density at radius 1 is 1.30 bits per heavy atom. The standard InChI is InChI=1S/C16H20N2OS/c1-3-15(18(2)11-13-9-10-20-12-13)16(19)17-14-7-5-4-6-8-14/h4-10,12,15H,3,11H2,1-2H3,(H,17,19)/t15-/m0/s1. The summed E-state index contributed by atoms with van der Waals surface area (Å²) in [4.78, 5) is 14.5. The van der Waals surface area contributed by atoms with Gasteiger partial charge < -0.3 is 5.32 Å². The van der Waals surface area contributed by atoms with Gasteiger partial charge in [-0.05, 0) is 48.0 Å². The predicted octanol–water partition coefficient (Wildman–Crippen LogP) is 3.60. The zero-order valence-corrected chi connectivity index (χ0v) is 12.7. The summed E-state index contributed by atoms with van der Waals surface area (Å²) in [5.41, 5.74) is 2.10. The molecule has 0 aliphatic carbocycles. The fourth-order valence-corrected chi connectivity index (χ4v) is 2.88. The Labute approximate surface area is 124 Å². The molecule has 0 bridgehead atoms. The van der Waals surface area contributed by atoms with Crippen LogP contribution in [0.2, 0.25) is 0 Å². The zero-order valence-electron chi connectivity index (χ0n) is 11.9. The minimum atomic E-state index is -0.116. The van der Waals surface area contributed by atoms with Gasteiger partial charge in [0.2, 0.25) is 5.91 Å². The van der Waals surface area contributed by atoms with Crippen LogP contribution in [0.15, 0.2) is 47.2 Å². The van der Waals surface area contributed by atoms with Crippen molar-refractivity contribution in [1.82, 2.24) is 4.90 Å². The van der Waals surface area contributed by atoms with Crippen molar-refractivity contribution < 1.29 is 4.79 Å². The summed E-state index contributed by atoms with van der Waals surface area (Å²) in [7, 11) is 2.00. The highest BCUT2D eigenvalue weighted by Gasteiger charge is 2.21. The van der Waals surface area contributed by atoms with Crippen LogP contribution in [0.25, 0.3) is 0 Å². The molecule has 0 saturated carbocycles. The Kier molecular flexibility index (Phi) is 5.32. The number of carbonyl (C=O) groups is 1. The summed E-state index contributed by atoms with van der Waals surface area (Å²) in [6, 6.07) is 11.6. The third kappa shape index (κ3) is 3.92. The van der Waals surface area contributed by atoms with Crippen molar-refractivity contribution in [3.63, 3.8) is 0 Å². The van der Waals surface area contributed by atoms with Crippen LogP contribution in [-0.2, 0) is 11.3 Å². The van der Waals surface area contributed by atoms with E-state index in [0.29, 0.717) is 0 Å². The van der Waals surface area contributed by atoms with Gasteiger partial charge in [-0.2, -0.15) is 11.3 Å². The molecule has 1 N–H and O–H groups in total. The molecule has 1 heterocycles. The van der Waals surface area contributed by atoms with Crippen molar-refractivity contribution in [2.45, 2.75) is 25.9 Å². The Balaban J connectivity index is 1.98. The molecule has 0 fully saturated rings. The fraction of sp³-hybridized carbons (Fsp3) is 0.312. The fourth-order valence-electron chi connectivity index (χ4n) is 2.23. The molecule has 0 unspecified atom stereocenters. The number of thiophene rings is 1. The van der Waals surface area contributed by atoms with E-state index in [4.69, 9.17) is 0 Å². The van der Waals surface area contributed by atoms with Gasteiger partial charge in [0, 0.05) is 12.2 Å². The summed E-state index contributed by atoms with van der Waals surface area (Å²) in [6.07, 6.45) is 0.791. The van der Waals surface area contributed by atoms with Gasteiger partial charge in [0.25, 0.3) is 0 Å². The van der Waals surface area contributed by atoms with Gasteiger partial charge in [-0.3, -0.25) is 9.69 Å². The van der Waals surface area contributed by atoms with Crippen LogP contribution in [-0.4, -0.2) is 23.9 Å². The third-order valence-corrected chi connectivity index (χ3v) is 4.01. The summed E-state index contributed by atoms with van der Waals surface area (Å²) in [5.74, 6) is 0.0522. The quantitative estimate of drug-likeness (QED) is 0.881. The van der Waals surface area contributed by atoms with E-state index in [1.807, 2.05) is 44.3 Å². The Hall–Kier alpha value is -1.65. The molecule has 1 atom stereocenters. The molecule has 4 heteroatoms. The highest BCUT2D eigenvalue weighted by molar-refractivity contribution is 7.07. The number of amides is 1. The van der Waals surface area contributed by atoms with Gasteiger partial charge in [0.05, 0.1) is 6.04 Å². The normalized spacial score (nSPS) is 12.3. The molecule has 1 aromatic heterocycles. The van der Waals surface area contributed by atoms with Crippen LogP contribution in [0.5, 0.6) is 0 Å². The highest BCUT2D eigenvalue weighted by atomic mass is 32.1. The second-order valence-corrected chi connectivity index (χ2v) is 5.61. The first-order valence-corrected chi connectivity index (χ1v) is 7.72. The first-order valence-electron chi connectivity index (χ1n) is 6.78. The molecule has 0 saturated heterocycles. The molecule has 2 aromatic rings. The Morgan fingerprint density at radius 3 is 2.65 bits per heavy atom. The lowest BCUT2D eigenvalue weighted by Crippen LogP contribution is -2.40. The number of hydrogen-bond donors (Lipinski definition) is 1. The van der Waals surface area contributed by atoms with Gasteiger partial charge in [0.15, 0.2) is 0 Å². The van der Waals surface area contributed by atoms with Crippen LogP contribution < -0.4 is 5.32 Å². The van der Waals surface area contributed by atoms with Crippen molar-refractivity contribution in [3.8, 4) is 0 Å². The van der Waals surface area contributed by atoms with E-state index >= 15 is 0 Å². The topological polar surface area (TPSA) is 32.3 Å². The average Bonchev–Trinajstić information content (AvgIpc) is 2.93. The molecule has 1 amide bonds. The number of benzene rings is 1. The van der Waals surface area contributed by atoms with Gasteiger partial charge in [0.1, 0.15) is 0 Å². The van der Waals surface area contributed by atoms with Gasteiger partial charge in [-0.1, -0.05) is 25.1 Å². The number of nitrogens with zero attached hydrogens (tertiary/aromatic N) is 1. The van der Waals surface area contributed by atoms with Crippen molar-refractivity contribution in [1.29, 1.82) is 0 Å². The lowest BCUT2D eigenvalue weighted by Gasteiger charge is -2.25. The van der Waals surface area contributed by atoms with Crippen LogP contribution in [0.3, 0.4) is 0 Å². The third-order valence-electron chi connectivity index (χ3n) is 3.27. The molecule has 0 aliphatic heterocycles. The number of likely N-dealkylation sites (N-methyl/N-ethyl adjacent to an activating group) is 1. The van der Waals surface area contributed by atoms with E-state index in [1.165, 1.54) is 5.56 Å². The Morgan fingerprint density at radius 2 is 2.05 bits per heavy atom. The lowest BCUT2D eigenvalue weighted by molar-refractivity contribution is -0.121. The summed E-state index contributed by atoms with van der Waals surface area (Å²) in [6.45, 7) is 2.84. The van der Waals surface area contributed by atoms with Crippen LogP contribution in [0, 0.1) is 0 Å². The van der Waals surface area contributed by atoms with Crippen molar-refractivity contribution in [2.75, 3.05) is 12.4 Å². The van der Waals surface area contributed by atoms with E-state index in [9.17, 15) is 4.79 Å². The number of para-hydroxylation sites is 1. The maximum Gasteiger partial charge on any atom is 0.241 e. The summed E-state index contributed by atoms with van der Waals surface area (Å²) >= 11 is 1.68. The molecule has 0 spiro atoms. The first kappa shape index (κ1) is 14.8. The molecule has 20 heavy (non-hydrogen) atoms. The van der Waals surface area contributed by atoms with E-state index in [0.717, 1.165) is 18.7 Å². The second kappa shape index (κ2) is 7.22. The smallest absolute Gasteiger partial charge is 0.241 e. The largest absolute Gasteiger partial charge is 0.325 e. The number of nitrogens with one attached hydrogen (secondary N) is 1. The number of hydrogen-bond acceptors (Lipinski definition) is 3. The van der Waals surface area contributed by atoms with Crippen molar-refractivity contribution in [2.24, 2.45) is 0 Å². The average molecular weight is 288 g/mol. The zero-order chi connectivity index (χ0) is 14.4. The van der Waals surface area contributed by atoms with Gasteiger partial charge in [-0.25, -0.2) is 0 Å². The minimum absolute atomic E-state index is 0.0522. The van der Waals surface area contributed by atoms with Crippen molar-refractivity contribution >= 4 is 22.9 Å². The van der Waals surface area contributed by atoms with E-state index in [-0.39, 0.29) is 11.9 Å². The summed E-state index contributed by atoms with van der Waals surface area (Å²) in [5, 5.41) is 7.16. The monoisotopic (exact) mass is 288 g/mol. The minimum Gasteiger partial charge on any atom is -0.325 e. The molecular weight excluding hydrogens is 268 g/mol. The van der Waals surface area contributed by atoms with Gasteiger partial charge in [-0.15, -0.1) is 0 Å². The van der Waals surface area contributed by atoms with E-state index in [2.05, 4.69) is 27.0 Å². The van der Waals surface area contributed by atoms with Crippen LogP contribution >= 0.6 is 11.3 Å². The molecule has 2 rings (SSSR count). The first-order chi connectivity index (χ1) is 9.70. The maximum atomic E-state index is 12.4. The van der Waals surface area contributed by atoms with Crippen LogP contribution in [0.1, 0.15) is 18.9 Å². The number of carbonyl (C=O) groups excluding carboxylic acids is 1. The number of anilines is 1. The Bertz CT molecular complexity index is 525. The van der Waals surface area contributed by atoms with E-state index in [1.54, 1.807) is 11.3 Å².